The van der Waals surface area contributed by atoms with Crippen molar-refractivity contribution < 1.29 is 9.53 Å². The largest absolute Gasteiger partial charge is 0.381 e. The second-order valence-corrected chi connectivity index (χ2v) is 5.01. The Kier molecular flexibility index (Phi) is 5.12. The van der Waals surface area contributed by atoms with Crippen LogP contribution in [0.1, 0.15) is 16.8 Å². The Morgan fingerprint density at radius 1 is 1.65 bits per heavy atom. The van der Waals surface area contributed by atoms with E-state index in [1.54, 1.807) is 18.3 Å². The fourth-order valence-electron chi connectivity index (χ4n) is 2.22. The maximum absolute atomic E-state index is 11.7. The molecule has 0 aliphatic carbocycles. The molecule has 1 aliphatic rings. The van der Waals surface area contributed by atoms with Crippen molar-refractivity contribution >= 4 is 11.7 Å². The highest BCUT2D eigenvalue weighted by Crippen LogP contribution is 2.17. The van der Waals surface area contributed by atoms with Crippen LogP contribution in [0.25, 0.3) is 0 Å². The molecule has 1 unspecified atom stereocenters. The fraction of sp³-hybridized carbons (Fsp3) is 0.467. The number of ether oxygens (including phenoxy) is 1. The highest BCUT2D eigenvalue weighted by Gasteiger charge is 2.18. The minimum atomic E-state index is -0.129. The molecule has 5 nitrogen and oxygen atoms in total. The van der Waals surface area contributed by atoms with Gasteiger partial charge in [0.15, 0.2) is 0 Å². The van der Waals surface area contributed by atoms with Crippen molar-refractivity contribution in [3.05, 3.63) is 36.5 Å². The van der Waals surface area contributed by atoms with E-state index in [-0.39, 0.29) is 5.91 Å². The molecular formula is C15H21N3O2. The number of anilines is 1. The second-order valence-electron chi connectivity index (χ2n) is 5.01. The summed E-state index contributed by atoms with van der Waals surface area (Å²) in [5.74, 6) is 1.31. The van der Waals surface area contributed by atoms with Gasteiger partial charge in [-0.2, -0.15) is 0 Å². The number of hydrogen-bond acceptors (Lipinski definition) is 4. The van der Waals surface area contributed by atoms with Gasteiger partial charge in [-0.1, -0.05) is 6.08 Å². The first-order valence-electron chi connectivity index (χ1n) is 6.84. The minimum Gasteiger partial charge on any atom is -0.381 e. The van der Waals surface area contributed by atoms with Crippen molar-refractivity contribution in [1.82, 2.24) is 10.3 Å². The van der Waals surface area contributed by atoms with Gasteiger partial charge in [-0.05, 0) is 18.6 Å². The lowest BCUT2D eigenvalue weighted by molar-refractivity contribution is 0.0957. The third kappa shape index (κ3) is 3.81. The van der Waals surface area contributed by atoms with E-state index in [4.69, 9.17) is 4.74 Å². The number of nitrogens with one attached hydrogen (secondary N) is 1. The first kappa shape index (κ1) is 14.5. The van der Waals surface area contributed by atoms with Crippen LogP contribution in [-0.2, 0) is 4.74 Å². The van der Waals surface area contributed by atoms with E-state index in [1.807, 2.05) is 13.1 Å². The molecular weight excluding hydrogens is 254 g/mol. The monoisotopic (exact) mass is 275 g/mol. The Morgan fingerprint density at radius 3 is 3.10 bits per heavy atom. The van der Waals surface area contributed by atoms with Crippen LogP contribution in [0.4, 0.5) is 5.82 Å². The molecule has 1 aromatic rings. The van der Waals surface area contributed by atoms with Gasteiger partial charge in [0.2, 0.25) is 0 Å². The van der Waals surface area contributed by atoms with Crippen LogP contribution in [0, 0.1) is 5.92 Å². The quantitative estimate of drug-likeness (QED) is 0.799. The number of amides is 1. The van der Waals surface area contributed by atoms with E-state index in [1.165, 1.54) is 0 Å². The molecule has 20 heavy (non-hydrogen) atoms. The third-order valence-electron chi connectivity index (χ3n) is 3.36. The minimum absolute atomic E-state index is 0.129. The molecule has 1 amide bonds. The molecule has 1 N–H and O–H groups in total. The van der Waals surface area contributed by atoms with Gasteiger partial charge in [0, 0.05) is 38.9 Å². The molecule has 1 atom stereocenters. The zero-order valence-corrected chi connectivity index (χ0v) is 11.8. The first-order valence-corrected chi connectivity index (χ1v) is 6.84. The molecule has 0 saturated carbocycles. The van der Waals surface area contributed by atoms with Crippen LogP contribution in [-0.4, -0.2) is 44.2 Å². The summed E-state index contributed by atoms with van der Waals surface area (Å²) in [6.45, 7) is 6.63. The molecule has 1 fully saturated rings. The van der Waals surface area contributed by atoms with Crippen LogP contribution in [0.2, 0.25) is 0 Å². The maximum atomic E-state index is 11.7. The van der Waals surface area contributed by atoms with E-state index in [0.717, 1.165) is 32.0 Å². The molecule has 0 aromatic carbocycles. The van der Waals surface area contributed by atoms with E-state index in [9.17, 15) is 4.79 Å². The van der Waals surface area contributed by atoms with Crippen molar-refractivity contribution in [2.75, 3.05) is 38.3 Å². The molecule has 1 aliphatic heterocycles. The van der Waals surface area contributed by atoms with Crippen molar-refractivity contribution in [3.8, 4) is 0 Å². The molecule has 1 aromatic heterocycles. The SMILES string of the molecule is C=CCNC(=O)c1ccc(N(C)CC2CCOC2)nc1. The lowest BCUT2D eigenvalue weighted by Crippen LogP contribution is -2.27. The predicted molar refractivity (Wildman–Crippen MR) is 79.0 cm³/mol. The van der Waals surface area contributed by atoms with Crippen molar-refractivity contribution in [2.45, 2.75) is 6.42 Å². The van der Waals surface area contributed by atoms with Gasteiger partial charge in [0.25, 0.3) is 5.91 Å². The Bertz CT molecular complexity index is 453. The zero-order chi connectivity index (χ0) is 14.4. The summed E-state index contributed by atoms with van der Waals surface area (Å²) in [5.41, 5.74) is 0.563. The Morgan fingerprint density at radius 2 is 2.50 bits per heavy atom. The van der Waals surface area contributed by atoms with Gasteiger partial charge >= 0.3 is 0 Å². The van der Waals surface area contributed by atoms with E-state index < -0.39 is 0 Å². The van der Waals surface area contributed by atoms with Gasteiger partial charge < -0.3 is 15.0 Å². The number of carbonyl (C=O) groups is 1. The fourth-order valence-corrected chi connectivity index (χ4v) is 2.22. The predicted octanol–water partition coefficient (Wildman–Crippen LogP) is 1.47. The highest BCUT2D eigenvalue weighted by atomic mass is 16.5. The van der Waals surface area contributed by atoms with Crippen LogP contribution in [0.3, 0.4) is 0 Å². The first-order chi connectivity index (χ1) is 9.70. The van der Waals surface area contributed by atoms with Crippen LogP contribution < -0.4 is 10.2 Å². The van der Waals surface area contributed by atoms with Crippen molar-refractivity contribution in [2.24, 2.45) is 5.92 Å². The van der Waals surface area contributed by atoms with Gasteiger partial charge in [-0.15, -0.1) is 6.58 Å². The molecule has 2 rings (SSSR count). The van der Waals surface area contributed by atoms with Gasteiger partial charge in [-0.3, -0.25) is 4.79 Å². The Balaban J connectivity index is 1.92. The highest BCUT2D eigenvalue weighted by molar-refractivity contribution is 5.94. The lowest BCUT2D eigenvalue weighted by atomic mass is 10.1. The van der Waals surface area contributed by atoms with Gasteiger partial charge in [-0.25, -0.2) is 4.98 Å². The summed E-state index contributed by atoms with van der Waals surface area (Å²) < 4.78 is 5.37. The van der Waals surface area contributed by atoms with Crippen molar-refractivity contribution in [3.63, 3.8) is 0 Å². The Hall–Kier alpha value is -1.88. The maximum Gasteiger partial charge on any atom is 0.253 e. The number of aromatic nitrogens is 1. The van der Waals surface area contributed by atoms with E-state index >= 15 is 0 Å². The summed E-state index contributed by atoms with van der Waals surface area (Å²) in [6, 6.07) is 3.67. The number of carbonyl (C=O) groups excluding carboxylic acids is 1. The molecule has 108 valence electrons. The molecule has 1 saturated heterocycles. The van der Waals surface area contributed by atoms with E-state index in [0.29, 0.717) is 18.0 Å². The average Bonchev–Trinajstić information content (AvgIpc) is 2.97. The number of pyridine rings is 1. The number of rotatable bonds is 6. The second kappa shape index (κ2) is 7.05. The summed E-state index contributed by atoms with van der Waals surface area (Å²) in [4.78, 5) is 18.2. The lowest BCUT2D eigenvalue weighted by Gasteiger charge is -2.21. The van der Waals surface area contributed by atoms with Gasteiger partial charge in [0.1, 0.15) is 5.82 Å². The molecule has 0 bridgehead atoms. The summed E-state index contributed by atoms with van der Waals surface area (Å²) in [5, 5.41) is 2.73. The zero-order valence-electron chi connectivity index (χ0n) is 11.8. The van der Waals surface area contributed by atoms with E-state index in [2.05, 4.69) is 21.8 Å². The van der Waals surface area contributed by atoms with Gasteiger partial charge in [0.05, 0.1) is 12.2 Å². The number of hydrogen-bond donors (Lipinski definition) is 1. The Labute approximate surface area is 119 Å². The normalized spacial score (nSPS) is 17.8. The molecule has 0 spiro atoms. The standard InChI is InChI=1S/C15H21N3O2/c1-3-7-16-15(19)13-4-5-14(17-9-13)18(2)10-12-6-8-20-11-12/h3-5,9,12H,1,6-8,10-11H2,2H3,(H,16,19). The van der Waals surface area contributed by atoms with Crippen LogP contribution in [0.5, 0.6) is 0 Å². The summed E-state index contributed by atoms with van der Waals surface area (Å²) in [6.07, 6.45) is 4.36. The smallest absolute Gasteiger partial charge is 0.253 e. The van der Waals surface area contributed by atoms with Crippen LogP contribution >= 0.6 is 0 Å². The molecule has 0 radical (unpaired) electrons. The third-order valence-corrected chi connectivity index (χ3v) is 3.36. The molecule has 2 heterocycles. The van der Waals surface area contributed by atoms with Crippen molar-refractivity contribution in [1.29, 1.82) is 0 Å². The molecule has 5 heteroatoms. The average molecular weight is 275 g/mol. The summed E-state index contributed by atoms with van der Waals surface area (Å²) in [7, 11) is 2.01. The number of nitrogens with zero attached hydrogens (tertiary/aromatic N) is 2. The summed E-state index contributed by atoms with van der Waals surface area (Å²) >= 11 is 0. The van der Waals surface area contributed by atoms with Crippen LogP contribution in [0.15, 0.2) is 31.0 Å². The topological polar surface area (TPSA) is 54.5 Å².